The van der Waals surface area contributed by atoms with Crippen LogP contribution in [0.25, 0.3) is 0 Å². The Kier molecular flexibility index (Phi) is 5.18. The van der Waals surface area contributed by atoms with Crippen LogP contribution in [-0.2, 0) is 0 Å². The van der Waals surface area contributed by atoms with Gasteiger partial charge in [-0.1, -0.05) is 6.07 Å². The van der Waals surface area contributed by atoms with Gasteiger partial charge in [0.1, 0.15) is 0 Å². The quantitative estimate of drug-likeness (QED) is 0.886. The molecule has 1 saturated heterocycles. The Bertz CT molecular complexity index is 331. The summed E-state index contributed by atoms with van der Waals surface area (Å²) in [4.78, 5) is 6.12. The molecule has 1 unspecified atom stereocenters. The molecule has 0 aromatic carbocycles. The van der Waals surface area contributed by atoms with Crippen molar-refractivity contribution in [3.63, 3.8) is 0 Å². The molecule has 1 atom stereocenters. The smallest absolute Gasteiger partial charge is 0.0518 e. The first kappa shape index (κ1) is 14.0. The fourth-order valence-corrected chi connectivity index (χ4v) is 3.41. The Balaban J connectivity index is 1.73. The molecule has 0 radical (unpaired) electrons. The molecular formula is C14H25N3S. The van der Waals surface area contributed by atoms with Gasteiger partial charge in [0.15, 0.2) is 0 Å². The molecule has 2 N–H and O–H groups in total. The fraction of sp³-hybridized carbons (Fsp3) is 0.714. The molecule has 0 bridgehead atoms. The lowest BCUT2D eigenvalue weighted by atomic mass is 9.96. The van der Waals surface area contributed by atoms with Crippen LogP contribution in [0.15, 0.2) is 17.5 Å². The third kappa shape index (κ3) is 4.05. The van der Waals surface area contributed by atoms with Crippen LogP contribution in [0.1, 0.15) is 23.8 Å². The zero-order valence-corrected chi connectivity index (χ0v) is 12.3. The maximum atomic E-state index is 6.23. The minimum absolute atomic E-state index is 0.168. The van der Waals surface area contributed by atoms with Crippen molar-refractivity contribution in [1.82, 2.24) is 9.80 Å². The number of nitrogens with zero attached hydrogens (tertiary/aromatic N) is 2. The van der Waals surface area contributed by atoms with Crippen LogP contribution in [0.5, 0.6) is 0 Å². The molecule has 0 saturated carbocycles. The van der Waals surface area contributed by atoms with Crippen molar-refractivity contribution in [3.8, 4) is 0 Å². The Morgan fingerprint density at radius 1 is 1.50 bits per heavy atom. The summed E-state index contributed by atoms with van der Waals surface area (Å²) in [5, 5.41) is 2.10. The van der Waals surface area contributed by atoms with Crippen LogP contribution in [0.4, 0.5) is 0 Å². The van der Waals surface area contributed by atoms with E-state index in [0.29, 0.717) is 0 Å². The molecule has 0 spiro atoms. The van der Waals surface area contributed by atoms with Gasteiger partial charge in [0.25, 0.3) is 0 Å². The maximum Gasteiger partial charge on any atom is 0.0518 e. The molecule has 1 fully saturated rings. The summed E-state index contributed by atoms with van der Waals surface area (Å²) in [6.45, 7) is 4.64. The normalized spacial score (nSPS) is 20.4. The number of likely N-dealkylation sites (N-methyl/N-ethyl adjacent to an activating group) is 1. The van der Waals surface area contributed by atoms with Gasteiger partial charge in [-0.2, -0.15) is 0 Å². The van der Waals surface area contributed by atoms with Crippen molar-refractivity contribution in [3.05, 3.63) is 22.4 Å². The van der Waals surface area contributed by atoms with Gasteiger partial charge in [0.2, 0.25) is 0 Å². The van der Waals surface area contributed by atoms with Gasteiger partial charge >= 0.3 is 0 Å². The summed E-state index contributed by atoms with van der Waals surface area (Å²) in [5.74, 6) is 0.849. The molecular weight excluding hydrogens is 242 g/mol. The lowest BCUT2D eigenvalue weighted by Crippen LogP contribution is -2.37. The second-order valence-electron chi connectivity index (χ2n) is 5.59. The fourth-order valence-electron chi connectivity index (χ4n) is 2.69. The zero-order chi connectivity index (χ0) is 13.0. The molecule has 1 aliphatic heterocycles. The van der Waals surface area contributed by atoms with E-state index in [0.717, 1.165) is 12.5 Å². The first-order valence-corrected chi connectivity index (χ1v) is 7.69. The lowest BCUT2D eigenvalue weighted by Gasteiger charge is -2.32. The molecule has 102 valence electrons. The summed E-state index contributed by atoms with van der Waals surface area (Å²) < 4.78 is 0. The molecule has 0 aliphatic carbocycles. The van der Waals surface area contributed by atoms with E-state index in [1.165, 1.54) is 37.4 Å². The molecule has 4 heteroatoms. The highest BCUT2D eigenvalue weighted by Crippen LogP contribution is 2.20. The second-order valence-corrected chi connectivity index (χ2v) is 6.57. The van der Waals surface area contributed by atoms with Crippen LogP contribution < -0.4 is 5.73 Å². The SMILES string of the molecule is CN1CCC(CN(C)CC(N)c2cccs2)CC1. The van der Waals surface area contributed by atoms with E-state index in [2.05, 4.69) is 41.4 Å². The largest absolute Gasteiger partial charge is 0.322 e. The van der Waals surface area contributed by atoms with Crippen molar-refractivity contribution < 1.29 is 0 Å². The van der Waals surface area contributed by atoms with Crippen LogP contribution in [0.3, 0.4) is 0 Å². The summed E-state index contributed by atoms with van der Waals surface area (Å²) in [6.07, 6.45) is 2.66. The number of likely N-dealkylation sites (tertiary alicyclic amines) is 1. The third-order valence-electron chi connectivity index (χ3n) is 3.83. The van der Waals surface area contributed by atoms with Crippen molar-refractivity contribution in [2.24, 2.45) is 11.7 Å². The molecule has 2 rings (SSSR count). The number of rotatable bonds is 5. The third-order valence-corrected chi connectivity index (χ3v) is 4.83. The minimum atomic E-state index is 0.168. The highest BCUT2D eigenvalue weighted by Gasteiger charge is 2.19. The van der Waals surface area contributed by atoms with Gasteiger partial charge in [-0.15, -0.1) is 11.3 Å². The van der Waals surface area contributed by atoms with Crippen LogP contribution in [-0.4, -0.2) is 50.1 Å². The van der Waals surface area contributed by atoms with E-state index in [4.69, 9.17) is 5.73 Å². The van der Waals surface area contributed by atoms with E-state index >= 15 is 0 Å². The van der Waals surface area contributed by atoms with Crippen LogP contribution >= 0.6 is 11.3 Å². The average Bonchev–Trinajstić information content (AvgIpc) is 2.85. The van der Waals surface area contributed by atoms with Crippen LogP contribution in [0, 0.1) is 5.92 Å². The second kappa shape index (κ2) is 6.66. The van der Waals surface area contributed by atoms with E-state index in [9.17, 15) is 0 Å². The lowest BCUT2D eigenvalue weighted by molar-refractivity contribution is 0.173. The molecule has 1 aromatic rings. The monoisotopic (exact) mass is 267 g/mol. The summed E-state index contributed by atoms with van der Waals surface area (Å²) in [7, 11) is 4.42. The molecule has 0 amide bonds. The van der Waals surface area contributed by atoms with Crippen molar-refractivity contribution in [1.29, 1.82) is 0 Å². The van der Waals surface area contributed by atoms with Crippen LogP contribution in [0.2, 0.25) is 0 Å². The first-order chi connectivity index (χ1) is 8.65. The first-order valence-electron chi connectivity index (χ1n) is 6.81. The summed E-state index contributed by atoms with van der Waals surface area (Å²) in [5.41, 5.74) is 6.23. The van der Waals surface area contributed by atoms with E-state index < -0.39 is 0 Å². The number of piperidine rings is 1. The molecule has 1 aliphatic rings. The molecule has 18 heavy (non-hydrogen) atoms. The van der Waals surface area contributed by atoms with Crippen molar-refractivity contribution in [2.75, 3.05) is 40.3 Å². The minimum Gasteiger partial charge on any atom is -0.322 e. The number of hydrogen-bond donors (Lipinski definition) is 1. The number of thiophene rings is 1. The van der Waals surface area contributed by atoms with Gasteiger partial charge in [-0.25, -0.2) is 0 Å². The Labute approximate surface area is 115 Å². The molecule has 1 aromatic heterocycles. The average molecular weight is 267 g/mol. The number of nitrogens with two attached hydrogens (primary N) is 1. The van der Waals surface area contributed by atoms with Gasteiger partial charge in [0.05, 0.1) is 6.04 Å². The maximum absolute atomic E-state index is 6.23. The van der Waals surface area contributed by atoms with Gasteiger partial charge < -0.3 is 15.5 Å². The Morgan fingerprint density at radius 2 is 2.22 bits per heavy atom. The van der Waals surface area contributed by atoms with Crippen molar-refractivity contribution in [2.45, 2.75) is 18.9 Å². The highest BCUT2D eigenvalue weighted by atomic mass is 32.1. The van der Waals surface area contributed by atoms with Gasteiger partial charge in [0, 0.05) is 18.0 Å². The number of hydrogen-bond acceptors (Lipinski definition) is 4. The summed E-state index contributed by atoms with van der Waals surface area (Å²) in [6, 6.07) is 4.39. The van der Waals surface area contributed by atoms with E-state index in [-0.39, 0.29) is 6.04 Å². The van der Waals surface area contributed by atoms with E-state index in [1.807, 2.05) is 0 Å². The van der Waals surface area contributed by atoms with Crippen molar-refractivity contribution >= 4 is 11.3 Å². The summed E-state index contributed by atoms with van der Waals surface area (Å²) >= 11 is 1.76. The van der Waals surface area contributed by atoms with Gasteiger partial charge in [-0.3, -0.25) is 0 Å². The Morgan fingerprint density at radius 3 is 2.83 bits per heavy atom. The Hall–Kier alpha value is -0.420. The molecule has 3 nitrogen and oxygen atoms in total. The van der Waals surface area contributed by atoms with E-state index in [1.54, 1.807) is 11.3 Å². The zero-order valence-electron chi connectivity index (χ0n) is 11.5. The highest BCUT2D eigenvalue weighted by molar-refractivity contribution is 7.10. The topological polar surface area (TPSA) is 32.5 Å². The van der Waals surface area contributed by atoms with Gasteiger partial charge in [-0.05, 0) is 57.4 Å². The predicted molar refractivity (Wildman–Crippen MR) is 79.0 cm³/mol. The standard InChI is InChI=1S/C14H25N3S/c1-16-7-5-12(6-8-16)10-17(2)11-13(15)14-4-3-9-18-14/h3-4,9,12-13H,5-8,10-11,15H2,1-2H3. The predicted octanol–water partition coefficient (Wildman–Crippen LogP) is 2.02. The molecule has 2 heterocycles.